The summed E-state index contributed by atoms with van der Waals surface area (Å²) in [5, 5.41) is 2.57. The highest BCUT2D eigenvalue weighted by Crippen LogP contribution is 2.30. The molecule has 2 aromatic rings. The second kappa shape index (κ2) is 8.56. The van der Waals surface area contributed by atoms with Gasteiger partial charge in [-0.15, -0.1) is 0 Å². The van der Waals surface area contributed by atoms with E-state index in [1.165, 1.54) is 4.90 Å². The monoisotopic (exact) mass is 381 g/mol. The largest absolute Gasteiger partial charge is 0.491 e. The Bertz CT molecular complexity index is 879. The first-order valence-corrected chi connectivity index (χ1v) is 9.07. The third-order valence-corrected chi connectivity index (χ3v) is 4.61. The van der Waals surface area contributed by atoms with Crippen LogP contribution in [0.25, 0.3) is 0 Å². The maximum absolute atomic E-state index is 12.7. The summed E-state index contributed by atoms with van der Waals surface area (Å²) in [6, 6.07) is 14.3. The summed E-state index contributed by atoms with van der Waals surface area (Å²) < 4.78 is 5.61. The fraction of sp³-hybridized carbons (Fsp3) is 0.286. The minimum atomic E-state index is -0.180. The zero-order valence-corrected chi connectivity index (χ0v) is 16.0. The van der Waals surface area contributed by atoms with Crippen LogP contribution < -0.4 is 15.0 Å². The SMILES string of the molecule is CNC(=O)c1ccc(CN(C)C(=O)CN2C(=O)CCOc3ccccc32)cc1. The molecule has 2 aromatic carbocycles. The zero-order chi connectivity index (χ0) is 20.1. The predicted octanol–water partition coefficient (Wildman–Crippen LogP) is 1.82. The van der Waals surface area contributed by atoms with Crippen molar-refractivity contribution in [2.45, 2.75) is 13.0 Å². The van der Waals surface area contributed by atoms with E-state index in [1.54, 1.807) is 43.3 Å². The number of benzene rings is 2. The van der Waals surface area contributed by atoms with Crippen molar-refractivity contribution in [1.29, 1.82) is 0 Å². The molecule has 0 bridgehead atoms. The van der Waals surface area contributed by atoms with Crippen LogP contribution in [0.2, 0.25) is 0 Å². The van der Waals surface area contributed by atoms with Gasteiger partial charge in [-0.1, -0.05) is 24.3 Å². The first kappa shape index (κ1) is 19.4. The molecular weight excluding hydrogens is 358 g/mol. The first-order chi connectivity index (χ1) is 13.5. The van der Waals surface area contributed by atoms with E-state index in [0.717, 1.165) is 5.56 Å². The van der Waals surface area contributed by atoms with E-state index in [2.05, 4.69) is 5.32 Å². The van der Waals surface area contributed by atoms with Crippen LogP contribution in [0.15, 0.2) is 48.5 Å². The zero-order valence-electron chi connectivity index (χ0n) is 16.0. The minimum Gasteiger partial charge on any atom is -0.491 e. The molecule has 1 aliphatic rings. The van der Waals surface area contributed by atoms with E-state index in [1.807, 2.05) is 24.3 Å². The van der Waals surface area contributed by atoms with Crippen molar-refractivity contribution < 1.29 is 19.1 Å². The molecule has 1 aliphatic heterocycles. The van der Waals surface area contributed by atoms with Crippen LogP contribution in [0, 0.1) is 0 Å². The van der Waals surface area contributed by atoms with E-state index in [-0.39, 0.29) is 30.7 Å². The molecule has 7 heteroatoms. The molecule has 0 saturated heterocycles. The number of para-hydroxylation sites is 2. The smallest absolute Gasteiger partial charge is 0.251 e. The number of hydrogen-bond donors (Lipinski definition) is 1. The molecule has 0 atom stereocenters. The van der Waals surface area contributed by atoms with Crippen LogP contribution >= 0.6 is 0 Å². The maximum atomic E-state index is 12.7. The molecule has 3 rings (SSSR count). The van der Waals surface area contributed by atoms with Crippen LogP contribution in [0.1, 0.15) is 22.3 Å². The van der Waals surface area contributed by atoms with Crippen molar-refractivity contribution in [3.05, 3.63) is 59.7 Å². The number of rotatable bonds is 5. The Balaban J connectivity index is 1.68. The lowest BCUT2D eigenvalue weighted by Crippen LogP contribution is -2.41. The number of nitrogens with zero attached hydrogens (tertiary/aromatic N) is 2. The van der Waals surface area contributed by atoms with Gasteiger partial charge in [-0.3, -0.25) is 19.3 Å². The topological polar surface area (TPSA) is 79.0 Å². The molecule has 0 spiro atoms. The normalized spacial score (nSPS) is 13.2. The van der Waals surface area contributed by atoms with Gasteiger partial charge in [0, 0.05) is 26.2 Å². The van der Waals surface area contributed by atoms with Gasteiger partial charge in [-0.05, 0) is 29.8 Å². The lowest BCUT2D eigenvalue weighted by atomic mass is 10.1. The van der Waals surface area contributed by atoms with Gasteiger partial charge < -0.3 is 15.0 Å². The van der Waals surface area contributed by atoms with Crippen LogP contribution in [0.4, 0.5) is 5.69 Å². The molecule has 7 nitrogen and oxygen atoms in total. The Hall–Kier alpha value is -3.35. The van der Waals surface area contributed by atoms with Gasteiger partial charge in [0.25, 0.3) is 5.91 Å². The number of fused-ring (bicyclic) bond motifs is 1. The van der Waals surface area contributed by atoms with E-state index in [4.69, 9.17) is 4.74 Å². The van der Waals surface area contributed by atoms with Gasteiger partial charge >= 0.3 is 0 Å². The average molecular weight is 381 g/mol. The van der Waals surface area contributed by atoms with Gasteiger partial charge in [0.2, 0.25) is 11.8 Å². The molecule has 1 N–H and O–H groups in total. The Morgan fingerprint density at radius 2 is 1.86 bits per heavy atom. The molecule has 3 amide bonds. The van der Waals surface area contributed by atoms with Crippen molar-refractivity contribution in [3.8, 4) is 5.75 Å². The lowest BCUT2D eigenvalue weighted by Gasteiger charge is -2.25. The average Bonchev–Trinajstić information content (AvgIpc) is 2.87. The Morgan fingerprint density at radius 1 is 1.14 bits per heavy atom. The van der Waals surface area contributed by atoms with E-state index < -0.39 is 0 Å². The molecule has 0 aromatic heterocycles. The molecule has 0 aliphatic carbocycles. The molecule has 146 valence electrons. The first-order valence-electron chi connectivity index (χ1n) is 9.07. The molecule has 0 radical (unpaired) electrons. The highest BCUT2D eigenvalue weighted by atomic mass is 16.5. The molecule has 0 saturated carbocycles. The predicted molar refractivity (Wildman–Crippen MR) is 105 cm³/mol. The molecule has 1 heterocycles. The maximum Gasteiger partial charge on any atom is 0.251 e. The van der Waals surface area contributed by atoms with Crippen LogP contribution in [0.5, 0.6) is 5.75 Å². The summed E-state index contributed by atoms with van der Waals surface area (Å²) in [6.07, 6.45) is 0.229. The van der Waals surface area contributed by atoms with Crippen molar-refractivity contribution in [2.24, 2.45) is 0 Å². The molecule has 0 fully saturated rings. The highest BCUT2D eigenvalue weighted by Gasteiger charge is 2.26. The van der Waals surface area contributed by atoms with Crippen LogP contribution in [-0.4, -0.2) is 49.9 Å². The van der Waals surface area contributed by atoms with E-state index in [0.29, 0.717) is 30.2 Å². The summed E-state index contributed by atoms with van der Waals surface area (Å²) in [5.74, 6) is 0.132. The van der Waals surface area contributed by atoms with Crippen molar-refractivity contribution in [2.75, 3.05) is 32.1 Å². The third kappa shape index (κ3) is 4.31. The van der Waals surface area contributed by atoms with E-state index in [9.17, 15) is 14.4 Å². The van der Waals surface area contributed by atoms with Gasteiger partial charge in [-0.2, -0.15) is 0 Å². The molecule has 0 unspecified atom stereocenters. The molecule has 28 heavy (non-hydrogen) atoms. The number of hydrogen-bond acceptors (Lipinski definition) is 4. The van der Waals surface area contributed by atoms with Crippen LogP contribution in [0.3, 0.4) is 0 Å². The fourth-order valence-corrected chi connectivity index (χ4v) is 3.02. The fourth-order valence-electron chi connectivity index (χ4n) is 3.02. The van der Waals surface area contributed by atoms with Gasteiger partial charge in [-0.25, -0.2) is 0 Å². The summed E-state index contributed by atoms with van der Waals surface area (Å²) in [4.78, 5) is 39.9. The summed E-state index contributed by atoms with van der Waals surface area (Å²) >= 11 is 0. The summed E-state index contributed by atoms with van der Waals surface area (Å²) in [5.41, 5.74) is 2.07. The summed E-state index contributed by atoms with van der Waals surface area (Å²) in [7, 11) is 3.27. The highest BCUT2D eigenvalue weighted by molar-refractivity contribution is 6.00. The number of likely N-dealkylation sites (N-methyl/N-ethyl adjacent to an activating group) is 1. The Morgan fingerprint density at radius 3 is 2.57 bits per heavy atom. The number of ether oxygens (including phenoxy) is 1. The summed E-state index contributed by atoms with van der Waals surface area (Å²) in [6.45, 7) is 0.632. The minimum absolute atomic E-state index is 0.0496. The Kier molecular flexibility index (Phi) is 5.93. The standard InChI is InChI=1S/C21H23N3O4/c1-22-21(27)16-9-7-15(8-10-16)13-23(2)20(26)14-24-17-5-3-4-6-18(17)28-12-11-19(24)25/h3-10H,11-14H2,1-2H3,(H,22,27). The van der Waals surface area contributed by atoms with Gasteiger partial charge in [0.05, 0.1) is 18.7 Å². The van der Waals surface area contributed by atoms with Gasteiger partial charge in [0.1, 0.15) is 12.3 Å². The number of carbonyl (C=O) groups is 3. The second-order valence-electron chi connectivity index (χ2n) is 6.57. The lowest BCUT2D eigenvalue weighted by molar-refractivity contribution is -0.130. The number of carbonyl (C=O) groups excluding carboxylic acids is 3. The van der Waals surface area contributed by atoms with Crippen molar-refractivity contribution >= 4 is 23.4 Å². The molecular formula is C21H23N3O4. The number of amides is 3. The Labute approximate surface area is 163 Å². The number of anilines is 1. The quantitative estimate of drug-likeness (QED) is 0.857. The second-order valence-corrected chi connectivity index (χ2v) is 6.57. The van der Waals surface area contributed by atoms with Crippen molar-refractivity contribution in [3.63, 3.8) is 0 Å². The van der Waals surface area contributed by atoms with Crippen LogP contribution in [-0.2, 0) is 16.1 Å². The van der Waals surface area contributed by atoms with Gasteiger partial charge in [0.15, 0.2) is 0 Å². The third-order valence-electron chi connectivity index (χ3n) is 4.61. The van der Waals surface area contributed by atoms with Crippen molar-refractivity contribution in [1.82, 2.24) is 10.2 Å². The number of nitrogens with one attached hydrogen (secondary N) is 1. The van der Waals surface area contributed by atoms with E-state index >= 15 is 0 Å².